The summed E-state index contributed by atoms with van der Waals surface area (Å²) in [7, 11) is 0. The minimum absolute atomic E-state index is 0.852. The number of hydrogen-bond donors (Lipinski definition) is 2. The highest BCUT2D eigenvalue weighted by molar-refractivity contribution is 5.85. The first-order valence-corrected chi connectivity index (χ1v) is 4.76. The van der Waals surface area contributed by atoms with E-state index in [4.69, 9.17) is 5.11 Å². The van der Waals surface area contributed by atoms with Crippen LogP contribution in [-0.4, -0.2) is 21.3 Å². The quantitative estimate of drug-likeness (QED) is 0.769. The normalized spacial score (nSPS) is 10.8. The molecule has 0 bridgehead atoms. The summed E-state index contributed by atoms with van der Waals surface area (Å²) in [5.74, 6) is -0.947. The highest BCUT2D eigenvalue weighted by Crippen LogP contribution is 2.16. The second-order valence-corrected chi connectivity index (χ2v) is 3.26. The topological polar surface area (TPSA) is 66.0 Å². The third-order valence-corrected chi connectivity index (χ3v) is 2.14. The van der Waals surface area contributed by atoms with E-state index in [9.17, 15) is 4.79 Å². The maximum absolute atomic E-state index is 10.3. The fourth-order valence-electron chi connectivity index (χ4n) is 1.36. The standard InChI is InChI=1S/C12H10N2O2/c15-12(16)6-3-9-1-4-10(5-2-9)11-7-8-13-14-11/h1-8H,(H,13,14)(H,15,16). The average Bonchev–Trinajstić information content (AvgIpc) is 2.80. The zero-order valence-electron chi connectivity index (χ0n) is 8.42. The summed E-state index contributed by atoms with van der Waals surface area (Å²) in [6, 6.07) is 9.41. The second-order valence-electron chi connectivity index (χ2n) is 3.26. The number of nitrogens with zero attached hydrogens (tertiary/aromatic N) is 1. The lowest BCUT2D eigenvalue weighted by Gasteiger charge is -1.97. The van der Waals surface area contributed by atoms with E-state index >= 15 is 0 Å². The molecule has 0 saturated heterocycles. The number of carboxylic acids is 1. The molecule has 2 rings (SSSR count). The van der Waals surface area contributed by atoms with Crippen LogP contribution < -0.4 is 0 Å². The van der Waals surface area contributed by atoms with E-state index in [-0.39, 0.29) is 0 Å². The lowest BCUT2D eigenvalue weighted by atomic mass is 10.1. The fraction of sp³-hybridized carbons (Fsp3) is 0. The number of hydrogen-bond acceptors (Lipinski definition) is 2. The van der Waals surface area contributed by atoms with Gasteiger partial charge in [-0.25, -0.2) is 4.79 Å². The number of carboxylic acid groups (broad SMARTS) is 1. The van der Waals surface area contributed by atoms with Gasteiger partial charge in [-0.15, -0.1) is 0 Å². The van der Waals surface area contributed by atoms with E-state index in [0.29, 0.717) is 0 Å². The van der Waals surface area contributed by atoms with Gasteiger partial charge in [0, 0.05) is 12.3 Å². The Morgan fingerprint density at radius 2 is 2.00 bits per heavy atom. The van der Waals surface area contributed by atoms with E-state index in [1.165, 1.54) is 0 Å². The number of aliphatic carboxylic acids is 1. The van der Waals surface area contributed by atoms with Crippen molar-refractivity contribution in [2.75, 3.05) is 0 Å². The summed E-state index contributed by atoms with van der Waals surface area (Å²) in [5, 5.41) is 15.2. The minimum atomic E-state index is -0.947. The molecule has 0 fully saturated rings. The van der Waals surface area contributed by atoms with Crippen LogP contribution in [0.5, 0.6) is 0 Å². The number of carbonyl (C=O) groups is 1. The maximum atomic E-state index is 10.3. The van der Waals surface area contributed by atoms with Gasteiger partial charge in [-0.3, -0.25) is 5.10 Å². The van der Waals surface area contributed by atoms with E-state index in [1.54, 1.807) is 12.3 Å². The number of benzene rings is 1. The predicted octanol–water partition coefficient (Wildman–Crippen LogP) is 2.17. The molecule has 4 nitrogen and oxygen atoms in total. The van der Waals surface area contributed by atoms with Gasteiger partial charge in [-0.2, -0.15) is 5.10 Å². The zero-order chi connectivity index (χ0) is 11.4. The van der Waals surface area contributed by atoms with Gasteiger partial charge in [-0.05, 0) is 23.3 Å². The van der Waals surface area contributed by atoms with Gasteiger partial charge >= 0.3 is 5.97 Å². The Morgan fingerprint density at radius 1 is 1.25 bits per heavy atom. The van der Waals surface area contributed by atoms with Crippen molar-refractivity contribution in [1.29, 1.82) is 0 Å². The molecule has 0 aliphatic carbocycles. The lowest BCUT2D eigenvalue weighted by Crippen LogP contribution is -1.85. The number of aromatic nitrogens is 2. The van der Waals surface area contributed by atoms with Gasteiger partial charge in [-0.1, -0.05) is 24.3 Å². The minimum Gasteiger partial charge on any atom is -0.478 e. The SMILES string of the molecule is O=C(O)C=Cc1ccc(-c2ccn[nH]2)cc1. The van der Waals surface area contributed by atoms with E-state index in [2.05, 4.69) is 10.2 Å². The van der Waals surface area contributed by atoms with Crippen LogP contribution in [0.2, 0.25) is 0 Å². The van der Waals surface area contributed by atoms with Gasteiger partial charge < -0.3 is 5.11 Å². The molecule has 0 aliphatic heterocycles. The molecule has 1 aromatic carbocycles. The van der Waals surface area contributed by atoms with Crippen LogP contribution in [0.4, 0.5) is 0 Å². The molecule has 1 heterocycles. The van der Waals surface area contributed by atoms with Gasteiger partial charge in [0.25, 0.3) is 0 Å². The van der Waals surface area contributed by atoms with Gasteiger partial charge in [0.1, 0.15) is 0 Å². The lowest BCUT2D eigenvalue weighted by molar-refractivity contribution is -0.131. The largest absolute Gasteiger partial charge is 0.478 e. The van der Waals surface area contributed by atoms with Crippen LogP contribution in [0, 0.1) is 0 Å². The smallest absolute Gasteiger partial charge is 0.328 e. The van der Waals surface area contributed by atoms with Crippen LogP contribution in [-0.2, 0) is 4.79 Å². The summed E-state index contributed by atoms with van der Waals surface area (Å²) in [4.78, 5) is 10.3. The molecule has 80 valence electrons. The molecule has 0 radical (unpaired) electrons. The Kier molecular flexibility index (Phi) is 2.82. The number of nitrogens with one attached hydrogen (secondary N) is 1. The Bertz CT molecular complexity index is 498. The van der Waals surface area contributed by atoms with Gasteiger partial charge in [0.15, 0.2) is 0 Å². The van der Waals surface area contributed by atoms with Crippen molar-refractivity contribution in [3.05, 3.63) is 48.2 Å². The molecule has 0 aliphatic rings. The van der Waals surface area contributed by atoms with Crippen LogP contribution in [0.25, 0.3) is 17.3 Å². The van der Waals surface area contributed by atoms with E-state index in [1.807, 2.05) is 30.3 Å². The monoisotopic (exact) mass is 214 g/mol. The summed E-state index contributed by atoms with van der Waals surface area (Å²) >= 11 is 0. The first kappa shape index (κ1) is 10.2. The van der Waals surface area contributed by atoms with Crippen molar-refractivity contribution in [2.45, 2.75) is 0 Å². The van der Waals surface area contributed by atoms with Crippen LogP contribution in [0.15, 0.2) is 42.6 Å². The summed E-state index contributed by atoms with van der Waals surface area (Å²) in [5.41, 5.74) is 2.81. The fourth-order valence-corrected chi connectivity index (χ4v) is 1.36. The zero-order valence-corrected chi connectivity index (χ0v) is 8.42. The molecule has 0 amide bonds. The molecule has 2 N–H and O–H groups in total. The van der Waals surface area contributed by atoms with E-state index < -0.39 is 5.97 Å². The van der Waals surface area contributed by atoms with Gasteiger partial charge in [0.2, 0.25) is 0 Å². The molecular formula is C12H10N2O2. The first-order chi connectivity index (χ1) is 7.75. The number of H-pyrrole nitrogens is 1. The highest BCUT2D eigenvalue weighted by Gasteiger charge is 1.97. The molecule has 1 aromatic heterocycles. The molecular weight excluding hydrogens is 204 g/mol. The first-order valence-electron chi connectivity index (χ1n) is 4.76. The third kappa shape index (κ3) is 2.36. The van der Waals surface area contributed by atoms with Crippen molar-refractivity contribution in [1.82, 2.24) is 10.2 Å². The van der Waals surface area contributed by atoms with Crippen molar-refractivity contribution in [3.8, 4) is 11.3 Å². The Morgan fingerprint density at radius 3 is 2.56 bits per heavy atom. The average molecular weight is 214 g/mol. The molecule has 4 heteroatoms. The number of rotatable bonds is 3. The molecule has 0 unspecified atom stereocenters. The summed E-state index contributed by atoms with van der Waals surface area (Å²) < 4.78 is 0. The Hall–Kier alpha value is -2.36. The van der Waals surface area contributed by atoms with Gasteiger partial charge in [0.05, 0.1) is 5.69 Å². The second kappa shape index (κ2) is 4.44. The van der Waals surface area contributed by atoms with Crippen LogP contribution in [0.3, 0.4) is 0 Å². The number of aromatic amines is 1. The Labute approximate surface area is 92.2 Å². The molecule has 0 atom stereocenters. The predicted molar refractivity (Wildman–Crippen MR) is 60.7 cm³/mol. The summed E-state index contributed by atoms with van der Waals surface area (Å²) in [6.07, 6.45) is 4.36. The molecule has 16 heavy (non-hydrogen) atoms. The van der Waals surface area contributed by atoms with Crippen LogP contribution >= 0.6 is 0 Å². The third-order valence-electron chi connectivity index (χ3n) is 2.14. The van der Waals surface area contributed by atoms with Crippen LogP contribution in [0.1, 0.15) is 5.56 Å². The molecule has 2 aromatic rings. The van der Waals surface area contributed by atoms with Crippen molar-refractivity contribution in [3.63, 3.8) is 0 Å². The van der Waals surface area contributed by atoms with E-state index in [0.717, 1.165) is 22.9 Å². The molecule has 0 spiro atoms. The molecule has 0 saturated carbocycles. The van der Waals surface area contributed by atoms with Crippen molar-refractivity contribution < 1.29 is 9.90 Å². The van der Waals surface area contributed by atoms with Crippen molar-refractivity contribution >= 4 is 12.0 Å². The summed E-state index contributed by atoms with van der Waals surface area (Å²) in [6.45, 7) is 0. The highest BCUT2D eigenvalue weighted by atomic mass is 16.4. The Balaban J connectivity index is 2.20. The maximum Gasteiger partial charge on any atom is 0.328 e. The van der Waals surface area contributed by atoms with Crippen molar-refractivity contribution in [2.24, 2.45) is 0 Å².